The highest BCUT2D eigenvalue weighted by Crippen LogP contribution is 2.27. The summed E-state index contributed by atoms with van der Waals surface area (Å²) in [5, 5.41) is 5.86. The van der Waals surface area contributed by atoms with Crippen molar-refractivity contribution in [2.45, 2.75) is 36.6 Å². The molecule has 0 amide bonds. The molecule has 28 heavy (non-hydrogen) atoms. The zero-order valence-electron chi connectivity index (χ0n) is 15.5. The van der Waals surface area contributed by atoms with Crippen molar-refractivity contribution < 1.29 is 8.42 Å². The van der Waals surface area contributed by atoms with Gasteiger partial charge >= 0.3 is 0 Å². The van der Waals surface area contributed by atoms with Gasteiger partial charge in [0.25, 0.3) is 0 Å². The summed E-state index contributed by atoms with van der Waals surface area (Å²) in [7, 11) is -3.30. The average molecular weight is 398 g/mol. The topological polar surface area (TPSA) is 82.6 Å². The second kappa shape index (κ2) is 7.75. The number of aryl methyl sites for hydroxylation is 1. The third-order valence-electron chi connectivity index (χ3n) is 5.50. The second-order valence-corrected chi connectivity index (χ2v) is 9.43. The molecule has 1 atom stereocenters. The highest BCUT2D eigenvalue weighted by Gasteiger charge is 2.25. The van der Waals surface area contributed by atoms with Crippen LogP contribution in [-0.2, 0) is 22.7 Å². The molecular weight excluding hydrogens is 374 g/mol. The van der Waals surface area contributed by atoms with E-state index in [9.17, 15) is 13.3 Å². The van der Waals surface area contributed by atoms with E-state index in [1.165, 1.54) is 0 Å². The monoisotopic (exact) mass is 397 g/mol. The Kier molecular flexibility index (Phi) is 5.17. The van der Waals surface area contributed by atoms with Gasteiger partial charge in [-0.3, -0.25) is 5.01 Å². The fourth-order valence-electron chi connectivity index (χ4n) is 3.94. The SMILES string of the molecule is O=NN1CCC[C@@H]1Cc1c[nH]c2ccc(CCS(=O)(=O)c3ccccc3)cc12. The van der Waals surface area contributed by atoms with Crippen LogP contribution in [0.5, 0.6) is 0 Å². The molecule has 0 radical (unpaired) electrons. The Bertz CT molecular complexity index is 1080. The first-order valence-electron chi connectivity index (χ1n) is 9.53. The summed E-state index contributed by atoms with van der Waals surface area (Å²) in [6.07, 6.45) is 5.16. The van der Waals surface area contributed by atoms with Crippen LogP contribution in [0, 0.1) is 4.91 Å². The number of H-pyrrole nitrogens is 1. The molecule has 7 heteroatoms. The van der Waals surface area contributed by atoms with Crippen molar-refractivity contribution in [2.75, 3.05) is 12.3 Å². The molecule has 1 saturated heterocycles. The average Bonchev–Trinajstić information content (AvgIpc) is 3.34. The number of nitroso groups, excluding NO2 is 1. The van der Waals surface area contributed by atoms with Crippen molar-refractivity contribution in [3.8, 4) is 0 Å². The molecule has 2 aromatic carbocycles. The molecule has 4 rings (SSSR count). The van der Waals surface area contributed by atoms with Gasteiger partial charge in [0.15, 0.2) is 9.84 Å². The summed E-state index contributed by atoms with van der Waals surface area (Å²) < 4.78 is 25.1. The van der Waals surface area contributed by atoms with Crippen LogP contribution in [0.25, 0.3) is 10.9 Å². The maximum Gasteiger partial charge on any atom is 0.178 e. The lowest BCUT2D eigenvalue weighted by Crippen LogP contribution is -2.25. The smallest absolute Gasteiger partial charge is 0.178 e. The van der Waals surface area contributed by atoms with Gasteiger partial charge in [-0.05, 0) is 61.1 Å². The molecule has 0 aliphatic carbocycles. The van der Waals surface area contributed by atoms with E-state index in [1.54, 1.807) is 29.3 Å². The van der Waals surface area contributed by atoms with Gasteiger partial charge in [-0.15, -0.1) is 4.91 Å². The van der Waals surface area contributed by atoms with E-state index >= 15 is 0 Å². The van der Waals surface area contributed by atoms with Crippen molar-refractivity contribution in [3.05, 3.63) is 70.8 Å². The molecule has 0 saturated carbocycles. The summed E-state index contributed by atoms with van der Waals surface area (Å²) in [6.45, 7) is 0.721. The standard InChI is InChI=1S/C21H23N3O3S/c25-23-24-11-4-5-18(24)14-17-15-22-21-9-8-16(13-20(17)21)10-12-28(26,27)19-6-2-1-3-7-19/h1-3,6-9,13,15,18,22H,4-5,10-12,14H2/t18-/m1/s1. The lowest BCUT2D eigenvalue weighted by molar-refractivity contribution is 0.262. The van der Waals surface area contributed by atoms with Gasteiger partial charge < -0.3 is 4.98 Å². The van der Waals surface area contributed by atoms with Gasteiger partial charge in [0.05, 0.1) is 22.0 Å². The molecule has 3 aromatic rings. The van der Waals surface area contributed by atoms with E-state index in [1.807, 2.05) is 24.4 Å². The Hall–Kier alpha value is -2.67. The van der Waals surface area contributed by atoms with Crippen molar-refractivity contribution in [2.24, 2.45) is 5.29 Å². The van der Waals surface area contributed by atoms with E-state index in [2.05, 4.69) is 16.3 Å². The van der Waals surface area contributed by atoms with Crippen LogP contribution < -0.4 is 0 Å². The number of sulfone groups is 1. The van der Waals surface area contributed by atoms with Gasteiger partial charge in [-0.1, -0.05) is 24.3 Å². The van der Waals surface area contributed by atoms with Gasteiger partial charge in [-0.2, -0.15) is 0 Å². The molecule has 0 bridgehead atoms. The summed E-state index contributed by atoms with van der Waals surface area (Å²) in [5.41, 5.74) is 3.15. The number of nitrogens with one attached hydrogen (secondary N) is 1. The first-order chi connectivity index (χ1) is 13.6. The summed E-state index contributed by atoms with van der Waals surface area (Å²) in [5.74, 6) is 0.0771. The number of hydrogen-bond acceptors (Lipinski definition) is 4. The van der Waals surface area contributed by atoms with Crippen molar-refractivity contribution in [3.63, 3.8) is 0 Å². The number of aromatic nitrogens is 1. The van der Waals surface area contributed by atoms with Crippen LogP contribution in [-0.4, -0.2) is 36.8 Å². The van der Waals surface area contributed by atoms with E-state index in [0.717, 1.165) is 47.8 Å². The van der Waals surface area contributed by atoms with E-state index in [0.29, 0.717) is 11.3 Å². The van der Waals surface area contributed by atoms with Crippen molar-refractivity contribution in [1.29, 1.82) is 0 Å². The number of nitrogens with zero attached hydrogens (tertiary/aromatic N) is 2. The second-order valence-electron chi connectivity index (χ2n) is 7.32. The quantitative estimate of drug-likeness (QED) is 0.614. The first-order valence-corrected chi connectivity index (χ1v) is 11.2. The zero-order valence-corrected chi connectivity index (χ0v) is 16.4. The number of rotatable bonds is 7. The molecule has 6 nitrogen and oxygen atoms in total. The van der Waals surface area contributed by atoms with E-state index < -0.39 is 9.84 Å². The van der Waals surface area contributed by atoms with Crippen LogP contribution >= 0.6 is 0 Å². The molecule has 146 valence electrons. The van der Waals surface area contributed by atoms with Gasteiger partial charge in [0.1, 0.15) is 0 Å². The lowest BCUT2D eigenvalue weighted by atomic mass is 10.0. The summed E-state index contributed by atoms with van der Waals surface area (Å²) in [6, 6.07) is 14.7. The molecule has 1 aliphatic heterocycles. The largest absolute Gasteiger partial charge is 0.361 e. The fraction of sp³-hybridized carbons (Fsp3) is 0.333. The molecule has 0 spiro atoms. The molecule has 1 aliphatic rings. The fourth-order valence-corrected chi connectivity index (χ4v) is 5.25. The summed E-state index contributed by atoms with van der Waals surface area (Å²) in [4.78, 5) is 14.6. The predicted octanol–water partition coefficient (Wildman–Crippen LogP) is 3.87. The summed E-state index contributed by atoms with van der Waals surface area (Å²) >= 11 is 0. The molecule has 2 heterocycles. The lowest BCUT2D eigenvalue weighted by Gasteiger charge is -2.17. The number of fused-ring (bicyclic) bond motifs is 1. The first kappa shape index (κ1) is 18.7. The Morgan fingerprint density at radius 3 is 2.75 bits per heavy atom. The minimum absolute atomic E-state index is 0.0771. The Labute approximate surface area is 164 Å². The van der Waals surface area contributed by atoms with Gasteiger partial charge in [0.2, 0.25) is 0 Å². The molecular formula is C21H23N3O3S. The minimum atomic E-state index is -3.30. The maximum atomic E-state index is 12.5. The van der Waals surface area contributed by atoms with Crippen LogP contribution in [0.3, 0.4) is 0 Å². The Morgan fingerprint density at radius 1 is 1.14 bits per heavy atom. The Morgan fingerprint density at radius 2 is 1.96 bits per heavy atom. The third-order valence-corrected chi connectivity index (χ3v) is 7.23. The van der Waals surface area contributed by atoms with E-state index in [-0.39, 0.29) is 11.8 Å². The highest BCUT2D eigenvalue weighted by molar-refractivity contribution is 7.91. The molecule has 1 N–H and O–H groups in total. The van der Waals surface area contributed by atoms with Crippen LogP contribution in [0.2, 0.25) is 0 Å². The molecule has 0 unspecified atom stereocenters. The Balaban J connectivity index is 1.52. The number of hydrogen-bond donors (Lipinski definition) is 1. The minimum Gasteiger partial charge on any atom is -0.361 e. The third kappa shape index (κ3) is 3.80. The van der Waals surface area contributed by atoms with Crippen LogP contribution in [0.15, 0.2) is 64.9 Å². The van der Waals surface area contributed by atoms with Crippen LogP contribution in [0.1, 0.15) is 24.0 Å². The number of benzene rings is 2. The van der Waals surface area contributed by atoms with Crippen molar-refractivity contribution in [1.82, 2.24) is 9.99 Å². The van der Waals surface area contributed by atoms with Crippen LogP contribution in [0.4, 0.5) is 0 Å². The predicted molar refractivity (Wildman–Crippen MR) is 110 cm³/mol. The molecule has 1 aromatic heterocycles. The molecule has 1 fully saturated rings. The normalized spacial score (nSPS) is 17.3. The maximum absolute atomic E-state index is 12.5. The highest BCUT2D eigenvalue weighted by atomic mass is 32.2. The van der Waals surface area contributed by atoms with E-state index in [4.69, 9.17) is 0 Å². The van der Waals surface area contributed by atoms with Gasteiger partial charge in [0, 0.05) is 23.6 Å². The number of aromatic amines is 1. The zero-order chi connectivity index (χ0) is 19.6. The van der Waals surface area contributed by atoms with Gasteiger partial charge in [-0.25, -0.2) is 8.42 Å². The van der Waals surface area contributed by atoms with Crippen molar-refractivity contribution >= 4 is 20.7 Å².